The lowest BCUT2D eigenvalue weighted by atomic mass is 10.0. The number of likely N-dealkylation sites (tertiary alicyclic amines) is 1. The van der Waals surface area contributed by atoms with Crippen molar-refractivity contribution in [2.24, 2.45) is 0 Å². The van der Waals surface area contributed by atoms with Crippen LogP contribution in [-0.4, -0.2) is 42.1 Å². The summed E-state index contributed by atoms with van der Waals surface area (Å²) >= 11 is 0. The zero-order valence-electron chi connectivity index (χ0n) is 12.2. The number of aromatic nitrogens is 1. The first-order valence-corrected chi connectivity index (χ1v) is 7.23. The van der Waals surface area contributed by atoms with Crippen molar-refractivity contribution in [3.05, 3.63) is 30.1 Å². The van der Waals surface area contributed by atoms with Crippen LogP contribution >= 0.6 is 0 Å². The third-order valence-electron chi connectivity index (χ3n) is 3.73. The molecule has 1 atom stereocenters. The first kappa shape index (κ1) is 15.3. The van der Waals surface area contributed by atoms with E-state index in [0.717, 1.165) is 31.2 Å². The van der Waals surface area contributed by atoms with Crippen molar-refractivity contribution in [3.63, 3.8) is 0 Å². The first-order chi connectivity index (χ1) is 10.2. The van der Waals surface area contributed by atoms with Crippen molar-refractivity contribution in [2.45, 2.75) is 31.7 Å². The number of nitrogens with zero attached hydrogens (tertiary/aromatic N) is 2. The number of pyridine rings is 1. The van der Waals surface area contributed by atoms with Gasteiger partial charge in [0, 0.05) is 18.9 Å². The van der Waals surface area contributed by atoms with Crippen molar-refractivity contribution in [1.29, 1.82) is 0 Å². The molecule has 2 rings (SSSR count). The predicted octanol–water partition coefficient (Wildman–Crippen LogP) is 1.88. The number of carbonyl (C=O) groups is 2. The minimum Gasteiger partial charge on any atom is -0.453 e. The van der Waals surface area contributed by atoms with Crippen LogP contribution in [0.4, 0.5) is 4.79 Å². The lowest BCUT2D eigenvalue weighted by Gasteiger charge is -2.30. The van der Waals surface area contributed by atoms with Crippen molar-refractivity contribution in [2.75, 3.05) is 20.2 Å². The van der Waals surface area contributed by atoms with Crippen molar-refractivity contribution in [1.82, 2.24) is 15.2 Å². The Balaban J connectivity index is 2.08. The Morgan fingerprint density at radius 2 is 2.10 bits per heavy atom. The second kappa shape index (κ2) is 7.61. The quantitative estimate of drug-likeness (QED) is 0.923. The number of rotatable bonds is 3. The molecule has 0 spiro atoms. The number of alkyl carbamates (subject to hydrolysis) is 1. The number of hydrogen-bond acceptors (Lipinski definition) is 4. The highest BCUT2D eigenvalue weighted by Gasteiger charge is 2.26. The molecule has 1 fully saturated rings. The van der Waals surface area contributed by atoms with Crippen LogP contribution in [0.5, 0.6) is 0 Å². The van der Waals surface area contributed by atoms with E-state index in [0.29, 0.717) is 6.54 Å². The van der Waals surface area contributed by atoms with E-state index in [1.165, 1.54) is 7.11 Å². The van der Waals surface area contributed by atoms with Crippen LogP contribution in [0.15, 0.2) is 24.5 Å². The van der Waals surface area contributed by atoms with E-state index in [1.807, 2.05) is 17.0 Å². The van der Waals surface area contributed by atoms with Gasteiger partial charge in [0.25, 0.3) is 0 Å². The summed E-state index contributed by atoms with van der Waals surface area (Å²) in [5.74, 6) is -0.0795. The topological polar surface area (TPSA) is 71.5 Å². The van der Waals surface area contributed by atoms with Gasteiger partial charge in [0.1, 0.15) is 6.54 Å². The fraction of sp³-hybridized carbons (Fsp3) is 0.533. The van der Waals surface area contributed by atoms with Crippen LogP contribution in [0.25, 0.3) is 0 Å². The van der Waals surface area contributed by atoms with Gasteiger partial charge in [-0.05, 0) is 30.5 Å². The number of ether oxygens (including phenoxy) is 1. The van der Waals surface area contributed by atoms with Crippen LogP contribution in [0.3, 0.4) is 0 Å². The first-order valence-electron chi connectivity index (χ1n) is 7.23. The number of nitrogens with one attached hydrogen (secondary N) is 1. The van der Waals surface area contributed by atoms with Crippen LogP contribution in [0, 0.1) is 0 Å². The molecule has 2 amide bonds. The standard InChI is InChI=1S/C15H21N3O3/c1-21-15(20)17-11-14(19)18-10-4-2-3-5-13(18)12-6-8-16-9-7-12/h6-9,13H,2-5,10-11H2,1H3,(H,17,20)/t13-/m0/s1. The molecule has 0 radical (unpaired) electrons. The molecule has 6 heteroatoms. The normalized spacial score (nSPS) is 18.7. The lowest BCUT2D eigenvalue weighted by Crippen LogP contribution is -2.42. The van der Waals surface area contributed by atoms with Gasteiger partial charge < -0.3 is 15.0 Å². The number of carbonyl (C=O) groups excluding carboxylic acids is 2. The highest BCUT2D eigenvalue weighted by atomic mass is 16.5. The van der Waals surface area contributed by atoms with Crippen LogP contribution < -0.4 is 5.32 Å². The molecular formula is C15H21N3O3. The molecule has 0 saturated carbocycles. The SMILES string of the molecule is COC(=O)NCC(=O)N1CCCCC[C@H]1c1ccncc1. The number of methoxy groups -OCH3 is 1. The highest BCUT2D eigenvalue weighted by Crippen LogP contribution is 2.29. The molecule has 6 nitrogen and oxygen atoms in total. The second-order valence-corrected chi connectivity index (χ2v) is 5.08. The zero-order valence-corrected chi connectivity index (χ0v) is 12.2. The summed E-state index contributed by atoms with van der Waals surface area (Å²) in [6, 6.07) is 3.95. The van der Waals surface area contributed by atoms with Crippen molar-refractivity contribution < 1.29 is 14.3 Å². The van der Waals surface area contributed by atoms with E-state index < -0.39 is 6.09 Å². The monoisotopic (exact) mass is 291 g/mol. The molecule has 21 heavy (non-hydrogen) atoms. The Bertz CT molecular complexity index is 478. The molecular weight excluding hydrogens is 270 g/mol. The average Bonchev–Trinajstić information content (AvgIpc) is 2.79. The van der Waals surface area contributed by atoms with Gasteiger partial charge in [-0.2, -0.15) is 0 Å². The number of amides is 2. The van der Waals surface area contributed by atoms with Gasteiger partial charge >= 0.3 is 6.09 Å². The minimum atomic E-state index is -0.585. The summed E-state index contributed by atoms with van der Waals surface area (Å²) in [6.45, 7) is 0.683. The fourth-order valence-corrected chi connectivity index (χ4v) is 2.66. The molecule has 1 aliphatic rings. The molecule has 114 valence electrons. The van der Waals surface area contributed by atoms with Gasteiger partial charge in [-0.1, -0.05) is 12.8 Å². The molecule has 2 heterocycles. The van der Waals surface area contributed by atoms with Gasteiger partial charge in [-0.25, -0.2) is 4.79 Å². The van der Waals surface area contributed by atoms with E-state index in [4.69, 9.17) is 0 Å². The second-order valence-electron chi connectivity index (χ2n) is 5.08. The Kier molecular flexibility index (Phi) is 5.54. The van der Waals surface area contributed by atoms with Crippen molar-refractivity contribution >= 4 is 12.0 Å². The Morgan fingerprint density at radius 1 is 1.33 bits per heavy atom. The average molecular weight is 291 g/mol. The summed E-state index contributed by atoms with van der Waals surface area (Å²) in [6.07, 6.45) is 7.06. The molecule has 0 aromatic carbocycles. The summed E-state index contributed by atoms with van der Waals surface area (Å²) in [5.41, 5.74) is 1.10. The minimum absolute atomic E-state index is 0.0335. The fourth-order valence-electron chi connectivity index (χ4n) is 2.66. The zero-order chi connectivity index (χ0) is 15.1. The van der Waals surface area contributed by atoms with Crippen LogP contribution in [-0.2, 0) is 9.53 Å². The van der Waals surface area contributed by atoms with E-state index in [-0.39, 0.29) is 18.5 Å². The van der Waals surface area contributed by atoms with Gasteiger partial charge in [-0.15, -0.1) is 0 Å². The van der Waals surface area contributed by atoms with E-state index in [1.54, 1.807) is 12.4 Å². The third kappa shape index (κ3) is 4.18. The molecule has 1 aliphatic heterocycles. The van der Waals surface area contributed by atoms with Crippen LogP contribution in [0.2, 0.25) is 0 Å². The summed E-state index contributed by atoms with van der Waals surface area (Å²) < 4.78 is 4.50. The maximum Gasteiger partial charge on any atom is 0.407 e. The van der Waals surface area contributed by atoms with Gasteiger partial charge in [0.15, 0.2) is 0 Å². The highest BCUT2D eigenvalue weighted by molar-refractivity contribution is 5.82. The molecule has 0 bridgehead atoms. The Hall–Kier alpha value is -2.11. The van der Waals surface area contributed by atoms with E-state index in [2.05, 4.69) is 15.0 Å². The molecule has 0 unspecified atom stereocenters. The van der Waals surface area contributed by atoms with E-state index >= 15 is 0 Å². The summed E-state index contributed by atoms with van der Waals surface area (Å²) in [4.78, 5) is 29.4. The van der Waals surface area contributed by atoms with Gasteiger partial charge in [0.2, 0.25) is 5.91 Å². The Morgan fingerprint density at radius 3 is 2.81 bits per heavy atom. The van der Waals surface area contributed by atoms with Crippen molar-refractivity contribution in [3.8, 4) is 0 Å². The summed E-state index contributed by atoms with van der Waals surface area (Å²) in [7, 11) is 1.28. The van der Waals surface area contributed by atoms with Gasteiger partial charge in [0.05, 0.1) is 13.2 Å². The molecule has 1 N–H and O–H groups in total. The predicted molar refractivity (Wildman–Crippen MR) is 77.6 cm³/mol. The van der Waals surface area contributed by atoms with Crippen LogP contribution in [0.1, 0.15) is 37.3 Å². The maximum atomic E-state index is 12.4. The smallest absolute Gasteiger partial charge is 0.407 e. The van der Waals surface area contributed by atoms with Gasteiger partial charge in [-0.3, -0.25) is 9.78 Å². The largest absolute Gasteiger partial charge is 0.453 e. The van der Waals surface area contributed by atoms with E-state index in [9.17, 15) is 9.59 Å². The summed E-state index contributed by atoms with van der Waals surface area (Å²) in [5, 5.41) is 2.46. The Labute approximate surface area is 124 Å². The molecule has 1 saturated heterocycles. The lowest BCUT2D eigenvalue weighted by molar-refractivity contribution is -0.132. The molecule has 1 aromatic rings. The molecule has 1 aromatic heterocycles. The maximum absolute atomic E-state index is 12.4. The molecule has 0 aliphatic carbocycles. The third-order valence-corrected chi connectivity index (χ3v) is 3.73. The number of hydrogen-bond donors (Lipinski definition) is 1.